The minimum Gasteiger partial charge on any atom is -0.484 e. The Labute approximate surface area is 181 Å². The van der Waals surface area contributed by atoms with Gasteiger partial charge in [-0.1, -0.05) is 23.4 Å². The van der Waals surface area contributed by atoms with E-state index in [2.05, 4.69) is 15.1 Å². The highest BCUT2D eigenvalue weighted by Crippen LogP contribution is 2.36. The van der Waals surface area contributed by atoms with E-state index >= 15 is 0 Å². The number of amides is 1. The zero-order valence-electron chi connectivity index (χ0n) is 17.6. The van der Waals surface area contributed by atoms with Gasteiger partial charge in [-0.05, 0) is 43.5 Å². The molecule has 0 spiro atoms. The first-order chi connectivity index (χ1) is 15.2. The smallest absolute Gasteiger partial charge is 0.260 e. The normalized spacial score (nSPS) is 18.7. The minimum absolute atomic E-state index is 0.00243. The van der Waals surface area contributed by atoms with Gasteiger partial charge in [0, 0.05) is 39.2 Å². The predicted octanol–water partition coefficient (Wildman–Crippen LogP) is 3.11. The van der Waals surface area contributed by atoms with Crippen LogP contribution in [0, 0.1) is 0 Å². The minimum atomic E-state index is -0.430. The summed E-state index contributed by atoms with van der Waals surface area (Å²) in [7, 11) is 1.67. The van der Waals surface area contributed by atoms with Crippen molar-refractivity contribution < 1.29 is 18.8 Å². The number of para-hydroxylation sites is 1. The molecule has 3 heterocycles. The van der Waals surface area contributed by atoms with Crippen LogP contribution in [0.25, 0.3) is 11.5 Å². The highest BCUT2D eigenvalue weighted by Gasteiger charge is 2.42. The Bertz CT molecular complexity index is 980. The van der Waals surface area contributed by atoms with E-state index in [1.165, 1.54) is 0 Å². The van der Waals surface area contributed by atoms with E-state index in [4.69, 9.17) is 14.0 Å². The molecule has 1 aliphatic rings. The lowest BCUT2D eigenvalue weighted by Crippen LogP contribution is -2.50. The van der Waals surface area contributed by atoms with Crippen molar-refractivity contribution >= 4 is 5.91 Å². The lowest BCUT2D eigenvalue weighted by atomic mass is 9.76. The van der Waals surface area contributed by atoms with Gasteiger partial charge in [-0.15, -0.1) is 0 Å². The monoisotopic (exact) mass is 422 g/mol. The molecule has 0 N–H and O–H groups in total. The Kier molecular flexibility index (Phi) is 6.57. The van der Waals surface area contributed by atoms with Gasteiger partial charge in [0.2, 0.25) is 0 Å². The maximum atomic E-state index is 12.9. The van der Waals surface area contributed by atoms with Crippen LogP contribution < -0.4 is 4.74 Å². The predicted molar refractivity (Wildman–Crippen MR) is 113 cm³/mol. The van der Waals surface area contributed by atoms with Gasteiger partial charge < -0.3 is 18.9 Å². The number of benzene rings is 1. The number of hydrogen-bond donors (Lipinski definition) is 0. The Morgan fingerprint density at radius 2 is 2.10 bits per heavy atom. The van der Waals surface area contributed by atoms with Crippen LogP contribution in [0.1, 0.15) is 25.1 Å². The molecule has 31 heavy (non-hydrogen) atoms. The van der Waals surface area contributed by atoms with E-state index in [0.29, 0.717) is 43.6 Å². The van der Waals surface area contributed by atoms with Crippen LogP contribution >= 0.6 is 0 Å². The van der Waals surface area contributed by atoms with Gasteiger partial charge in [0.05, 0.1) is 11.0 Å². The summed E-state index contributed by atoms with van der Waals surface area (Å²) in [5, 5.41) is 4.29. The van der Waals surface area contributed by atoms with E-state index in [9.17, 15) is 4.79 Å². The number of piperidine rings is 1. The van der Waals surface area contributed by atoms with Crippen molar-refractivity contribution in [3.8, 4) is 17.2 Å². The molecule has 0 radical (unpaired) electrons. The Morgan fingerprint density at radius 1 is 1.23 bits per heavy atom. The second kappa shape index (κ2) is 9.70. The van der Waals surface area contributed by atoms with Crippen molar-refractivity contribution in [1.82, 2.24) is 20.0 Å². The Balaban J connectivity index is 1.51. The van der Waals surface area contributed by atoms with Crippen molar-refractivity contribution in [2.24, 2.45) is 0 Å². The third kappa shape index (κ3) is 4.91. The molecule has 8 nitrogen and oxygen atoms in total. The number of carbonyl (C=O) groups is 1. The lowest BCUT2D eigenvalue weighted by Gasteiger charge is -2.40. The van der Waals surface area contributed by atoms with Crippen LogP contribution in [-0.4, -0.2) is 59.3 Å². The molecule has 4 rings (SSSR count). The number of carbonyl (C=O) groups excluding carboxylic acids is 1. The zero-order chi connectivity index (χ0) is 21.5. The fourth-order valence-corrected chi connectivity index (χ4v) is 3.94. The second-order valence-electron chi connectivity index (χ2n) is 7.71. The Morgan fingerprint density at radius 3 is 2.87 bits per heavy atom. The first-order valence-corrected chi connectivity index (χ1v) is 10.4. The molecule has 1 amide bonds. The van der Waals surface area contributed by atoms with Crippen molar-refractivity contribution in [3.05, 3.63) is 60.7 Å². The van der Waals surface area contributed by atoms with Crippen molar-refractivity contribution in [3.63, 3.8) is 0 Å². The van der Waals surface area contributed by atoms with Gasteiger partial charge in [-0.3, -0.25) is 9.78 Å². The van der Waals surface area contributed by atoms with Gasteiger partial charge in [-0.2, -0.15) is 4.98 Å². The fourth-order valence-electron chi connectivity index (χ4n) is 3.94. The van der Waals surface area contributed by atoms with Crippen LogP contribution in [0.15, 0.2) is 59.4 Å². The topological polar surface area (TPSA) is 90.6 Å². The Hall–Kier alpha value is -3.26. The molecule has 1 aromatic carbocycles. The van der Waals surface area contributed by atoms with E-state index in [-0.39, 0.29) is 12.5 Å². The molecule has 2 aromatic heterocycles. The molecule has 1 atom stereocenters. The zero-order valence-corrected chi connectivity index (χ0v) is 17.6. The highest BCUT2D eigenvalue weighted by molar-refractivity contribution is 5.78. The summed E-state index contributed by atoms with van der Waals surface area (Å²) in [6.07, 6.45) is 5.78. The third-order valence-electron chi connectivity index (χ3n) is 5.63. The molecule has 1 unspecified atom stereocenters. The molecule has 0 saturated carbocycles. The molecule has 1 fully saturated rings. The van der Waals surface area contributed by atoms with E-state index in [0.717, 1.165) is 18.4 Å². The maximum Gasteiger partial charge on any atom is 0.260 e. The van der Waals surface area contributed by atoms with Gasteiger partial charge in [-0.25, -0.2) is 0 Å². The van der Waals surface area contributed by atoms with Crippen LogP contribution in [0.3, 0.4) is 0 Å². The van der Waals surface area contributed by atoms with E-state index in [1.54, 1.807) is 19.5 Å². The first kappa shape index (κ1) is 21.0. The molecule has 0 bridgehead atoms. The summed E-state index contributed by atoms with van der Waals surface area (Å²) in [5.41, 5.74) is 0.337. The van der Waals surface area contributed by atoms with Crippen LogP contribution in [-0.2, 0) is 14.9 Å². The number of ether oxygens (including phenoxy) is 2. The van der Waals surface area contributed by atoms with Gasteiger partial charge >= 0.3 is 0 Å². The van der Waals surface area contributed by atoms with E-state index < -0.39 is 5.41 Å². The molecule has 1 saturated heterocycles. The summed E-state index contributed by atoms with van der Waals surface area (Å²) in [6.45, 7) is 1.72. The number of pyridine rings is 1. The summed E-state index contributed by atoms with van der Waals surface area (Å²) in [4.78, 5) is 23.5. The highest BCUT2D eigenvalue weighted by atomic mass is 16.5. The first-order valence-electron chi connectivity index (χ1n) is 10.4. The van der Waals surface area contributed by atoms with Crippen molar-refractivity contribution in [1.29, 1.82) is 0 Å². The quantitative estimate of drug-likeness (QED) is 0.551. The van der Waals surface area contributed by atoms with Crippen molar-refractivity contribution in [2.75, 3.05) is 33.4 Å². The summed E-state index contributed by atoms with van der Waals surface area (Å²) < 4.78 is 16.6. The van der Waals surface area contributed by atoms with Crippen LogP contribution in [0.2, 0.25) is 0 Å². The van der Waals surface area contributed by atoms with Gasteiger partial charge in [0.15, 0.2) is 12.4 Å². The lowest BCUT2D eigenvalue weighted by molar-refractivity contribution is -0.136. The van der Waals surface area contributed by atoms with Crippen LogP contribution in [0.5, 0.6) is 5.75 Å². The fraction of sp³-hybridized carbons (Fsp3) is 0.391. The molecule has 0 aliphatic carbocycles. The number of methoxy groups -OCH3 is 1. The molecule has 8 heteroatoms. The number of rotatable bonds is 8. The summed E-state index contributed by atoms with van der Waals surface area (Å²) in [6, 6.07) is 13.1. The number of nitrogens with zero attached hydrogens (tertiary/aromatic N) is 4. The molecular weight excluding hydrogens is 396 g/mol. The third-order valence-corrected chi connectivity index (χ3v) is 5.63. The number of likely N-dealkylation sites (tertiary alicyclic amines) is 1. The number of hydrogen-bond acceptors (Lipinski definition) is 7. The van der Waals surface area contributed by atoms with Crippen LogP contribution in [0.4, 0.5) is 0 Å². The summed E-state index contributed by atoms with van der Waals surface area (Å²) >= 11 is 0. The average molecular weight is 422 g/mol. The maximum absolute atomic E-state index is 12.9. The largest absolute Gasteiger partial charge is 0.484 e. The van der Waals surface area contributed by atoms with Gasteiger partial charge in [0.25, 0.3) is 11.8 Å². The molecule has 3 aromatic rings. The SMILES string of the molecule is COCCC1(c2noc(-c3cccnc3)n2)CCCN(C(=O)COc2ccccc2)C1. The number of aromatic nitrogens is 3. The van der Waals surface area contributed by atoms with Gasteiger partial charge in [0.1, 0.15) is 5.75 Å². The summed E-state index contributed by atoms with van der Waals surface area (Å²) in [5.74, 6) is 1.65. The standard InChI is InChI=1S/C23H26N4O4/c1-29-14-11-23(22-25-21(31-26-22)18-7-5-12-24-15-18)10-6-13-27(17-23)20(28)16-30-19-8-3-2-4-9-19/h2-5,7-9,12,15H,6,10-11,13-14,16-17H2,1H3. The van der Waals surface area contributed by atoms with Crippen molar-refractivity contribution in [2.45, 2.75) is 24.7 Å². The molecule has 1 aliphatic heterocycles. The average Bonchev–Trinajstić information content (AvgIpc) is 3.34. The molecular formula is C23H26N4O4. The van der Waals surface area contributed by atoms with E-state index in [1.807, 2.05) is 47.4 Å². The molecule has 162 valence electrons. The second-order valence-corrected chi connectivity index (χ2v) is 7.71.